The number of methoxy groups -OCH3 is 1. The van der Waals surface area contributed by atoms with E-state index < -0.39 is 17.7 Å². The number of aryl methyl sites for hydroxylation is 1. The maximum Gasteiger partial charge on any atom is 0.416 e. The zero-order chi connectivity index (χ0) is 20.5. The van der Waals surface area contributed by atoms with Crippen LogP contribution in [0, 0.1) is 0 Å². The van der Waals surface area contributed by atoms with Crippen LogP contribution < -0.4 is 0 Å². The van der Waals surface area contributed by atoms with Crippen LogP contribution in [0.3, 0.4) is 0 Å². The number of aliphatic imine (C=N–C) groups is 1. The van der Waals surface area contributed by atoms with Gasteiger partial charge in [0.25, 0.3) is 0 Å². The number of esters is 1. The van der Waals surface area contributed by atoms with Crippen LogP contribution in [0.4, 0.5) is 18.9 Å². The fourth-order valence-electron chi connectivity index (χ4n) is 2.49. The lowest BCUT2D eigenvalue weighted by Gasteiger charge is -2.06. The first-order chi connectivity index (χ1) is 13.2. The molecule has 0 spiro atoms. The molecule has 1 aromatic carbocycles. The number of nitrogens with zero attached hydrogens (tertiary/aromatic N) is 2. The molecule has 0 saturated heterocycles. The van der Waals surface area contributed by atoms with E-state index in [2.05, 4.69) is 4.99 Å². The van der Waals surface area contributed by atoms with Gasteiger partial charge in [0.1, 0.15) is 16.4 Å². The molecule has 1 aromatic heterocycles. The lowest BCUT2D eigenvalue weighted by atomic mass is 10.2. The molecule has 28 heavy (non-hydrogen) atoms. The zero-order valence-corrected chi connectivity index (χ0v) is 15.6. The second kappa shape index (κ2) is 7.59. The SMILES string of the molecule is COC(=O)C1=C(O)/C(=C\c2cccn2C)SC1=Nc1ccc(C(F)(F)F)cc1. The standard InChI is InChI=1S/C19H15F3N2O3S/c1-24-9-3-4-13(24)10-14-16(25)15(18(26)27-2)17(28-14)23-12-7-5-11(6-8-12)19(20,21)22/h3-10,25H,1-2H3/b14-10+,23-17?. The summed E-state index contributed by atoms with van der Waals surface area (Å²) in [6, 6.07) is 7.85. The number of thioether (sulfide) groups is 1. The second-order valence-corrected chi connectivity index (χ2v) is 6.86. The van der Waals surface area contributed by atoms with Gasteiger partial charge in [-0.25, -0.2) is 9.79 Å². The molecule has 1 N–H and O–H groups in total. The van der Waals surface area contributed by atoms with Crippen molar-refractivity contribution in [3.05, 3.63) is 70.1 Å². The van der Waals surface area contributed by atoms with E-state index >= 15 is 0 Å². The maximum absolute atomic E-state index is 12.7. The first kappa shape index (κ1) is 19.8. The van der Waals surface area contributed by atoms with Crippen molar-refractivity contribution in [2.24, 2.45) is 12.0 Å². The highest BCUT2D eigenvalue weighted by Gasteiger charge is 2.33. The predicted molar refractivity (Wildman–Crippen MR) is 101 cm³/mol. The summed E-state index contributed by atoms with van der Waals surface area (Å²) in [4.78, 5) is 16.7. The van der Waals surface area contributed by atoms with Crippen molar-refractivity contribution in [3.63, 3.8) is 0 Å². The molecule has 0 bridgehead atoms. The van der Waals surface area contributed by atoms with Gasteiger partial charge in [0, 0.05) is 18.9 Å². The summed E-state index contributed by atoms with van der Waals surface area (Å²) in [5.41, 5.74) is 0.0677. The minimum atomic E-state index is -4.45. The Morgan fingerprint density at radius 1 is 1.25 bits per heavy atom. The number of carbonyl (C=O) groups is 1. The fraction of sp³-hybridized carbons (Fsp3) is 0.158. The summed E-state index contributed by atoms with van der Waals surface area (Å²) >= 11 is 1.03. The molecule has 3 rings (SSSR count). The van der Waals surface area contributed by atoms with Crippen molar-refractivity contribution in [2.45, 2.75) is 6.18 Å². The molecule has 0 aliphatic carbocycles. The van der Waals surface area contributed by atoms with Crippen molar-refractivity contribution in [1.82, 2.24) is 4.57 Å². The van der Waals surface area contributed by atoms with Gasteiger partial charge in [-0.15, -0.1) is 0 Å². The number of hydrogen-bond acceptors (Lipinski definition) is 5. The van der Waals surface area contributed by atoms with Crippen LogP contribution in [0.15, 0.2) is 63.8 Å². The maximum atomic E-state index is 12.7. The molecule has 0 amide bonds. The quantitative estimate of drug-likeness (QED) is 0.738. The average Bonchev–Trinajstić information content (AvgIpc) is 3.18. The van der Waals surface area contributed by atoms with E-state index in [0.717, 1.165) is 29.6 Å². The van der Waals surface area contributed by atoms with Crippen molar-refractivity contribution in [3.8, 4) is 0 Å². The van der Waals surface area contributed by atoms with Gasteiger partial charge in [-0.05, 0) is 42.5 Å². The summed E-state index contributed by atoms with van der Waals surface area (Å²) in [5, 5.41) is 10.6. The van der Waals surface area contributed by atoms with Gasteiger partial charge in [-0.1, -0.05) is 11.8 Å². The zero-order valence-electron chi connectivity index (χ0n) is 14.8. The Labute approximate surface area is 162 Å². The van der Waals surface area contributed by atoms with Gasteiger partial charge >= 0.3 is 12.1 Å². The summed E-state index contributed by atoms with van der Waals surface area (Å²) in [6.45, 7) is 0. The van der Waals surface area contributed by atoms with E-state index in [1.54, 1.807) is 6.08 Å². The highest BCUT2D eigenvalue weighted by atomic mass is 32.2. The molecule has 5 nitrogen and oxygen atoms in total. The smallest absolute Gasteiger partial charge is 0.416 e. The number of hydrogen-bond donors (Lipinski definition) is 1. The lowest BCUT2D eigenvalue weighted by molar-refractivity contribution is -0.137. The molecular weight excluding hydrogens is 393 g/mol. The molecule has 146 valence electrons. The normalized spacial score (nSPS) is 17.6. The predicted octanol–water partition coefficient (Wildman–Crippen LogP) is 4.85. The third-order valence-electron chi connectivity index (χ3n) is 3.97. The highest BCUT2D eigenvalue weighted by Crippen LogP contribution is 2.40. The number of rotatable bonds is 3. The van der Waals surface area contributed by atoms with Crippen LogP contribution in [0.1, 0.15) is 11.3 Å². The van der Waals surface area contributed by atoms with Crippen molar-refractivity contribution >= 4 is 34.5 Å². The van der Waals surface area contributed by atoms with E-state index in [0.29, 0.717) is 4.91 Å². The Hall–Kier alpha value is -2.94. The molecule has 9 heteroatoms. The van der Waals surface area contributed by atoms with Gasteiger partial charge in [0.05, 0.1) is 23.3 Å². The van der Waals surface area contributed by atoms with Gasteiger partial charge in [0.15, 0.2) is 0 Å². The first-order valence-corrected chi connectivity index (χ1v) is 8.81. The summed E-state index contributed by atoms with van der Waals surface area (Å²) in [6.07, 6.45) is -0.947. The lowest BCUT2D eigenvalue weighted by Crippen LogP contribution is -2.10. The largest absolute Gasteiger partial charge is 0.506 e. The van der Waals surface area contributed by atoms with Crippen LogP contribution in [0.5, 0.6) is 0 Å². The Kier molecular flexibility index (Phi) is 5.37. The number of ether oxygens (including phenoxy) is 1. The molecular formula is C19H15F3N2O3S. The number of alkyl halides is 3. The minimum absolute atomic E-state index is 0.132. The van der Waals surface area contributed by atoms with Gasteiger partial charge < -0.3 is 14.4 Å². The van der Waals surface area contributed by atoms with E-state index in [4.69, 9.17) is 4.74 Å². The summed E-state index contributed by atoms with van der Waals surface area (Å²) in [5.74, 6) is -1.07. The average molecular weight is 408 g/mol. The van der Waals surface area contributed by atoms with E-state index in [1.807, 2.05) is 29.9 Å². The van der Waals surface area contributed by atoms with Crippen molar-refractivity contribution in [1.29, 1.82) is 0 Å². The second-order valence-electron chi connectivity index (χ2n) is 5.83. The summed E-state index contributed by atoms with van der Waals surface area (Å²) in [7, 11) is 2.99. The Bertz CT molecular complexity index is 1000. The minimum Gasteiger partial charge on any atom is -0.506 e. The Morgan fingerprint density at radius 3 is 2.46 bits per heavy atom. The number of aliphatic hydroxyl groups excluding tert-OH is 1. The van der Waals surface area contributed by atoms with E-state index in [-0.39, 0.29) is 22.1 Å². The van der Waals surface area contributed by atoms with Gasteiger partial charge in [-0.2, -0.15) is 13.2 Å². The number of carbonyl (C=O) groups excluding carboxylic acids is 1. The molecule has 0 radical (unpaired) electrons. The third-order valence-corrected chi connectivity index (χ3v) is 4.99. The van der Waals surface area contributed by atoms with Crippen LogP contribution in [-0.4, -0.2) is 27.8 Å². The molecule has 2 aromatic rings. The molecule has 2 heterocycles. The van der Waals surface area contributed by atoms with Gasteiger partial charge in [0.2, 0.25) is 0 Å². The first-order valence-electron chi connectivity index (χ1n) is 8.00. The van der Waals surface area contributed by atoms with Crippen LogP contribution in [-0.2, 0) is 22.8 Å². The topological polar surface area (TPSA) is 63.8 Å². The summed E-state index contributed by atoms with van der Waals surface area (Å²) < 4.78 is 44.6. The number of aliphatic hydroxyl groups is 1. The molecule has 1 aliphatic heterocycles. The molecule has 0 atom stereocenters. The van der Waals surface area contributed by atoms with Crippen molar-refractivity contribution in [2.75, 3.05) is 7.11 Å². The van der Waals surface area contributed by atoms with E-state index in [9.17, 15) is 23.1 Å². The molecule has 1 aliphatic rings. The van der Waals surface area contributed by atoms with Crippen LogP contribution in [0.2, 0.25) is 0 Å². The monoisotopic (exact) mass is 408 g/mol. The Morgan fingerprint density at radius 2 is 1.93 bits per heavy atom. The number of benzene rings is 1. The van der Waals surface area contributed by atoms with E-state index in [1.165, 1.54) is 19.2 Å². The van der Waals surface area contributed by atoms with Crippen molar-refractivity contribution < 1.29 is 27.8 Å². The fourth-order valence-corrected chi connectivity index (χ4v) is 3.51. The molecule has 0 unspecified atom stereocenters. The number of aromatic nitrogens is 1. The Balaban J connectivity index is 2.00. The third kappa shape index (κ3) is 3.99. The highest BCUT2D eigenvalue weighted by molar-refractivity contribution is 8.18. The van der Waals surface area contributed by atoms with Crippen LogP contribution in [0.25, 0.3) is 6.08 Å². The van der Waals surface area contributed by atoms with Gasteiger partial charge in [-0.3, -0.25) is 0 Å². The number of halogens is 3. The van der Waals surface area contributed by atoms with Crippen LogP contribution >= 0.6 is 11.8 Å². The molecule has 0 saturated carbocycles. The molecule has 0 fully saturated rings.